The third kappa shape index (κ3) is 3.05. The molecule has 1 atom stereocenters. The van der Waals surface area contributed by atoms with Crippen molar-refractivity contribution in [2.24, 2.45) is 0 Å². The Labute approximate surface area is 123 Å². The van der Waals surface area contributed by atoms with Gasteiger partial charge in [-0.25, -0.2) is 4.39 Å². The van der Waals surface area contributed by atoms with Crippen LogP contribution in [0.15, 0.2) is 28.7 Å². The van der Waals surface area contributed by atoms with Gasteiger partial charge in [0.05, 0.1) is 11.1 Å². The molecule has 0 aliphatic rings. The average Bonchev–Trinajstić information content (AvgIpc) is 2.74. The molecule has 4 heteroatoms. The second kappa shape index (κ2) is 6.42. The molecule has 2 aromatic rings. The zero-order valence-corrected chi connectivity index (χ0v) is 12.7. The van der Waals surface area contributed by atoms with E-state index in [0.717, 1.165) is 30.0 Å². The molecule has 1 aromatic heterocycles. The minimum absolute atomic E-state index is 0.142. The molecule has 0 saturated carbocycles. The van der Waals surface area contributed by atoms with E-state index in [1.165, 1.54) is 0 Å². The fourth-order valence-corrected chi connectivity index (χ4v) is 2.54. The Bertz CT molecular complexity index is 594. The summed E-state index contributed by atoms with van der Waals surface area (Å²) in [6.45, 7) is 6.65. The second-order valence-electron chi connectivity index (χ2n) is 4.90. The Balaban J connectivity index is 2.47. The van der Waals surface area contributed by atoms with Crippen molar-refractivity contribution >= 4 is 11.6 Å². The largest absolute Gasteiger partial charge is 0.466 e. The minimum atomic E-state index is -0.374. The maximum absolute atomic E-state index is 14.3. The normalized spacial score (nSPS) is 12.7. The average molecular weight is 296 g/mol. The lowest BCUT2D eigenvalue weighted by Crippen LogP contribution is -2.24. The molecule has 2 rings (SSSR count). The molecular weight excluding hydrogens is 277 g/mol. The highest BCUT2D eigenvalue weighted by atomic mass is 35.5. The highest BCUT2D eigenvalue weighted by molar-refractivity contribution is 6.30. The molecule has 0 spiro atoms. The molecule has 1 heterocycles. The third-order valence-electron chi connectivity index (χ3n) is 3.28. The molecule has 0 radical (unpaired) electrons. The van der Waals surface area contributed by atoms with E-state index in [4.69, 9.17) is 16.0 Å². The lowest BCUT2D eigenvalue weighted by Gasteiger charge is -2.19. The SMILES string of the molecule is CCCNC(c1cc(C)oc1C)c1cccc(Cl)c1F. The molecule has 1 N–H and O–H groups in total. The number of hydrogen-bond donors (Lipinski definition) is 1. The van der Waals surface area contributed by atoms with E-state index in [1.807, 2.05) is 19.9 Å². The molecule has 1 aromatic carbocycles. The smallest absolute Gasteiger partial charge is 0.146 e. The van der Waals surface area contributed by atoms with Gasteiger partial charge in [-0.2, -0.15) is 0 Å². The first-order valence-electron chi connectivity index (χ1n) is 6.78. The standard InChI is InChI=1S/C16H19ClFNO/c1-4-8-19-16(13-9-10(2)20-11(13)3)12-6-5-7-14(17)15(12)18/h5-7,9,16,19H,4,8H2,1-3H3. The molecule has 0 aliphatic carbocycles. The van der Waals surface area contributed by atoms with Gasteiger partial charge in [0, 0.05) is 11.1 Å². The van der Waals surface area contributed by atoms with Gasteiger partial charge in [-0.05, 0) is 38.9 Å². The van der Waals surface area contributed by atoms with E-state index < -0.39 is 0 Å². The van der Waals surface area contributed by atoms with Crippen LogP contribution in [0.5, 0.6) is 0 Å². The fourth-order valence-electron chi connectivity index (χ4n) is 2.36. The van der Waals surface area contributed by atoms with E-state index in [2.05, 4.69) is 12.2 Å². The highest BCUT2D eigenvalue weighted by Gasteiger charge is 2.22. The molecule has 20 heavy (non-hydrogen) atoms. The third-order valence-corrected chi connectivity index (χ3v) is 3.57. The van der Waals surface area contributed by atoms with Gasteiger partial charge in [-0.3, -0.25) is 0 Å². The van der Waals surface area contributed by atoms with Crippen LogP contribution < -0.4 is 5.32 Å². The van der Waals surface area contributed by atoms with Gasteiger partial charge in [0.2, 0.25) is 0 Å². The lowest BCUT2D eigenvalue weighted by atomic mass is 9.98. The number of nitrogens with one attached hydrogen (secondary N) is 1. The zero-order chi connectivity index (χ0) is 14.7. The first-order chi connectivity index (χ1) is 9.54. The minimum Gasteiger partial charge on any atom is -0.466 e. The Morgan fingerprint density at radius 2 is 2.05 bits per heavy atom. The number of hydrogen-bond acceptors (Lipinski definition) is 2. The summed E-state index contributed by atoms with van der Waals surface area (Å²) in [5, 5.41) is 3.51. The first-order valence-corrected chi connectivity index (χ1v) is 7.16. The van der Waals surface area contributed by atoms with Crippen molar-refractivity contribution in [1.82, 2.24) is 5.32 Å². The van der Waals surface area contributed by atoms with Crippen molar-refractivity contribution in [2.75, 3.05) is 6.54 Å². The van der Waals surface area contributed by atoms with E-state index >= 15 is 0 Å². The summed E-state index contributed by atoms with van der Waals surface area (Å²) in [5.74, 6) is 1.25. The summed E-state index contributed by atoms with van der Waals surface area (Å²) in [4.78, 5) is 0. The van der Waals surface area contributed by atoms with Crippen molar-refractivity contribution in [3.63, 3.8) is 0 Å². The summed E-state index contributed by atoms with van der Waals surface area (Å²) >= 11 is 5.90. The molecule has 0 saturated heterocycles. The number of furan rings is 1. The van der Waals surface area contributed by atoms with E-state index in [1.54, 1.807) is 18.2 Å². The quantitative estimate of drug-likeness (QED) is 0.859. The maximum atomic E-state index is 14.3. The van der Waals surface area contributed by atoms with Gasteiger partial charge >= 0.3 is 0 Å². The molecule has 108 valence electrons. The highest BCUT2D eigenvalue weighted by Crippen LogP contribution is 2.31. The maximum Gasteiger partial charge on any atom is 0.146 e. The number of halogens is 2. The lowest BCUT2D eigenvalue weighted by molar-refractivity contribution is 0.490. The summed E-state index contributed by atoms with van der Waals surface area (Å²) in [5.41, 5.74) is 1.51. The predicted molar refractivity (Wildman–Crippen MR) is 79.7 cm³/mol. The van der Waals surface area contributed by atoms with E-state index in [0.29, 0.717) is 5.56 Å². The van der Waals surface area contributed by atoms with Crippen molar-refractivity contribution in [2.45, 2.75) is 33.2 Å². The topological polar surface area (TPSA) is 25.2 Å². The molecule has 2 nitrogen and oxygen atoms in total. The Hall–Kier alpha value is -1.32. The van der Waals surface area contributed by atoms with Crippen LogP contribution in [0.1, 0.15) is 42.0 Å². The summed E-state index contributed by atoms with van der Waals surface area (Å²) in [6, 6.07) is 6.79. The van der Waals surface area contributed by atoms with Crippen LogP contribution in [-0.2, 0) is 0 Å². The van der Waals surface area contributed by atoms with Crippen molar-refractivity contribution in [3.05, 3.63) is 57.8 Å². The Morgan fingerprint density at radius 1 is 1.30 bits per heavy atom. The van der Waals surface area contributed by atoms with Crippen LogP contribution in [0.2, 0.25) is 5.02 Å². The van der Waals surface area contributed by atoms with Gasteiger partial charge in [0.25, 0.3) is 0 Å². The van der Waals surface area contributed by atoms with Gasteiger partial charge in [0.15, 0.2) is 0 Å². The second-order valence-corrected chi connectivity index (χ2v) is 5.31. The van der Waals surface area contributed by atoms with Crippen LogP contribution in [0.4, 0.5) is 4.39 Å². The fraction of sp³-hybridized carbons (Fsp3) is 0.375. The van der Waals surface area contributed by atoms with Crippen LogP contribution in [0.25, 0.3) is 0 Å². The molecule has 0 amide bonds. The molecule has 0 fully saturated rings. The van der Waals surface area contributed by atoms with Gasteiger partial charge < -0.3 is 9.73 Å². The van der Waals surface area contributed by atoms with Crippen LogP contribution in [0.3, 0.4) is 0 Å². The molecule has 1 unspecified atom stereocenters. The number of aryl methyl sites for hydroxylation is 2. The number of rotatable bonds is 5. The number of benzene rings is 1. The first kappa shape index (κ1) is 15.1. The predicted octanol–water partition coefficient (Wildman–Crippen LogP) is 4.78. The molecule has 0 aliphatic heterocycles. The van der Waals surface area contributed by atoms with Crippen LogP contribution in [0, 0.1) is 19.7 Å². The Kier molecular flexibility index (Phi) is 4.84. The van der Waals surface area contributed by atoms with E-state index in [-0.39, 0.29) is 16.9 Å². The monoisotopic (exact) mass is 295 g/mol. The van der Waals surface area contributed by atoms with Gasteiger partial charge in [0.1, 0.15) is 17.3 Å². The Morgan fingerprint density at radius 3 is 2.65 bits per heavy atom. The summed E-state index contributed by atoms with van der Waals surface area (Å²) < 4.78 is 19.9. The van der Waals surface area contributed by atoms with Gasteiger partial charge in [-0.15, -0.1) is 0 Å². The zero-order valence-electron chi connectivity index (χ0n) is 12.0. The summed E-state index contributed by atoms with van der Waals surface area (Å²) in [7, 11) is 0. The van der Waals surface area contributed by atoms with Crippen molar-refractivity contribution in [1.29, 1.82) is 0 Å². The van der Waals surface area contributed by atoms with Crippen LogP contribution in [-0.4, -0.2) is 6.54 Å². The van der Waals surface area contributed by atoms with Crippen molar-refractivity contribution < 1.29 is 8.81 Å². The summed E-state index contributed by atoms with van der Waals surface area (Å²) in [6.07, 6.45) is 0.967. The van der Waals surface area contributed by atoms with Crippen molar-refractivity contribution in [3.8, 4) is 0 Å². The van der Waals surface area contributed by atoms with E-state index in [9.17, 15) is 4.39 Å². The molecular formula is C16H19ClFNO. The van der Waals surface area contributed by atoms with Gasteiger partial charge in [-0.1, -0.05) is 30.7 Å². The van der Waals surface area contributed by atoms with Crippen LogP contribution >= 0.6 is 11.6 Å². The molecule has 0 bridgehead atoms.